The number of carbonyl (C=O) groups is 2. The van der Waals surface area contributed by atoms with Crippen LogP contribution in [-0.4, -0.2) is 35.5 Å². The Kier molecular flexibility index (Phi) is 4.65. The third-order valence-electron chi connectivity index (χ3n) is 3.56. The van der Waals surface area contributed by atoms with Crippen molar-refractivity contribution < 1.29 is 18.7 Å². The van der Waals surface area contributed by atoms with Crippen LogP contribution in [0.4, 0.5) is 4.39 Å². The highest BCUT2D eigenvalue weighted by Crippen LogP contribution is 2.24. The van der Waals surface area contributed by atoms with Gasteiger partial charge in [-0.1, -0.05) is 6.07 Å². The summed E-state index contributed by atoms with van der Waals surface area (Å²) < 4.78 is 18.1. The Morgan fingerprint density at radius 3 is 2.72 bits per heavy atom. The number of pyridine rings is 2. The van der Waals surface area contributed by atoms with Crippen molar-refractivity contribution in [2.24, 2.45) is 0 Å². The average Bonchev–Trinajstić information content (AvgIpc) is 2.65. The molecule has 1 aromatic carbocycles. The molecule has 0 saturated heterocycles. The molecule has 25 heavy (non-hydrogen) atoms. The van der Waals surface area contributed by atoms with Crippen molar-refractivity contribution >= 4 is 22.8 Å². The zero-order chi connectivity index (χ0) is 17.8. The number of aromatic nitrogens is 2. The Balaban J connectivity index is 2.09. The molecular weight excluding hydrogens is 325 g/mol. The Labute approximate surface area is 142 Å². The van der Waals surface area contributed by atoms with Gasteiger partial charge in [-0.2, -0.15) is 0 Å². The maximum absolute atomic E-state index is 13.6. The molecule has 0 aliphatic rings. The van der Waals surface area contributed by atoms with Crippen LogP contribution in [0.1, 0.15) is 10.4 Å². The number of benzene rings is 1. The fourth-order valence-electron chi connectivity index (χ4n) is 2.35. The molecule has 0 bridgehead atoms. The summed E-state index contributed by atoms with van der Waals surface area (Å²) in [7, 11) is 1.23. The lowest BCUT2D eigenvalue weighted by atomic mass is 10.1. The van der Waals surface area contributed by atoms with E-state index in [1.165, 1.54) is 25.3 Å². The highest BCUT2D eigenvalue weighted by Gasteiger charge is 2.16. The fraction of sp³-hybridized carbons (Fsp3) is 0.111. The van der Waals surface area contributed by atoms with Gasteiger partial charge in [-0.3, -0.25) is 14.6 Å². The van der Waals surface area contributed by atoms with Gasteiger partial charge in [0.15, 0.2) is 0 Å². The predicted molar refractivity (Wildman–Crippen MR) is 89.3 cm³/mol. The number of halogens is 1. The molecule has 6 nitrogen and oxygen atoms in total. The molecule has 0 aliphatic heterocycles. The van der Waals surface area contributed by atoms with E-state index >= 15 is 0 Å². The minimum absolute atomic E-state index is 0.265. The van der Waals surface area contributed by atoms with Crippen molar-refractivity contribution in [2.75, 3.05) is 13.7 Å². The van der Waals surface area contributed by atoms with E-state index in [4.69, 9.17) is 0 Å². The zero-order valence-corrected chi connectivity index (χ0v) is 13.3. The Morgan fingerprint density at radius 1 is 1.16 bits per heavy atom. The topological polar surface area (TPSA) is 81.2 Å². The Bertz CT molecular complexity index is 945. The number of nitrogens with zero attached hydrogens (tertiary/aromatic N) is 2. The lowest BCUT2D eigenvalue weighted by molar-refractivity contribution is -0.139. The molecule has 2 aromatic heterocycles. The molecule has 1 amide bonds. The van der Waals surface area contributed by atoms with Crippen molar-refractivity contribution in [3.8, 4) is 11.4 Å². The van der Waals surface area contributed by atoms with Gasteiger partial charge in [0.2, 0.25) is 0 Å². The SMILES string of the molecule is COC(=O)CNC(=O)c1cc(-c2ccccn2)nc2cc(F)ccc12. The molecule has 7 heteroatoms. The number of esters is 1. The van der Waals surface area contributed by atoms with Crippen LogP contribution in [0.3, 0.4) is 0 Å². The first kappa shape index (κ1) is 16.5. The minimum atomic E-state index is -0.567. The highest BCUT2D eigenvalue weighted by atomic mass is 19.1. The van der Waals surface area contributed by atoms with Gasteiger partial charge in [0.25, 0.3) is 5.91 Å². The summed E-state index contributed by atoms with van der Waals surface area (Å²) in [5.74, 6) is -1.51. The molecule has 0 radical (unpaired) electrons. The number of ether oxygens (including phenoxy) is 1. The number of carbonyl (C=O) groups excluding carboxylic acids is 2. The maximum atomic E-state index is 13.6. The van der Waals surface area contributed by atoms with Crippen LogP contribution >= 0.6 is 0 Å². The number of nitrogens with one attached hydrogen (secondary N) is 1. The molecule has 1 N–H and O–H groups in total. The van der Waals surface area contributed by atoms with Crippen molar-refractivity contribution in [2.45, 2.75) is 0 Å². The van der Waals surface area contributed by atoms with Gasteiger partial charge in [-0.15, -0.1) is 0 Å². The Hall–Kier alpha value is -3.35. The first-order valence-corrected chi connectivity index (χ1v) is 7.45. The lowest BCUT2D eigenvalue weighted by Gasteiger charge is -2.10. The number of rotatable bonds is 4. The summed E-state index contributed by atoms with van der Waals surface area (Å²) >= 11 is 0. The molecule has 0 aliphatic carbocycles. The number of amides is 1. The summed E-state index contributed by atoms with van der Waals surface area (Å²) in [6.45, 7) is -0.265. The predicted octanol–water partition coefficient (Wildman–Crippen LogP) is 2.34. The molecule has 3 aromatic rings. The van der Waals surface area contributed by atoms with E-state index in [0.717, 1.165) is 0 Å². The van der Waals surface area contributed by atoms with E-state index in [-0.39, 0.29) is 12.1 Å². The van der Waals surface area contributed by atoms with Crippen molar-refractivity contribution in [1.29, 1.82) is 0 Å². The third-order valence-corrected chi connectivity index (χ3v) is 3.56. The zero-order valence-electron chi connectivity index (χ0n) is 13.3. The molecule has 0 saturated carbocycles. The first-order valence-electron chi connectivity index (χ1n) is 7.45. The second-order valence-corrected chi connectivity index (χ2v) is 5.19. The molecule has 0 atom stereocenters. The number of hydrogen-bond acceptors (Lipinski definition) is 5. The van der Waals surface area contributed by atoms with Gasteiger partial charge in [-0.25, -0.2) is 9.37 Å². The second kappa shape index (κ2) is 7.04. The van der Waals surface area contributed by atoms with Crippen molar-refractivity contribution in [3.05, 3.63) is 60.0 Å². The third kappa shape index (κ3) is 3.60. The van der Waals surface area contributed by atoms with Gasteiger partial charge in [0, 0.05) is 17.6 Å². The Morgan fingerprint density at radius 2 is 2.00 bits per heavy atom. The van der Waals surface area contributed by atoms with Gasteiger partial charge in [0.1, 0.15) is 12.4 Å². The van der Waals surface area contributed by atoms with Gasteiger partial charge < -0.3 is 10.1 Å². The van der Waals surface area contributed by atoms with Crippen molar-refractivity contribution in [1.82, 2.24) is 15.3 Å². The molecule has 0 fully saturated rings. The summed E-state index contributed by atoms with van der Waals surface area (Å²) in [5.41, 5.74) is 1.58. The van der Waals surface area contributed by atoms with Gasteiger partial charge >= 0.3 is 5.97 Å². The van der Waals surface area contributed by atoms with Gasteiger partial charge in [0.05, 0.1) is 29.6 Å². The lowest BCUT2D eigenvalue weighted by Crippen LogP contribution is -2.30. The second-order valence-electron chi connectivity index (χ2n) is 5.19. The van der Waals surface area contributed by atoms with Crippen LogP contribution in [-0.2, 0) is 9.53 Å². The smallest absolute Gasteiger partial charge is 0.325 e. The molecular formula is C18H14FN3O3. The first-order chi connectivity index (χ1) is 12.1. The largest absolute Gasteiger partial charge is 0.468 e. The quantitative estimate of drug-likeness (QED) is 0.738. The highest BCUT2D eigenvalue weighted by molar-refractivity contribution is 6.07. The minimum Gasteiger partial charge on any atom is -0.468 e. The van der Waals surface area contributed by atoms with Crippen molar-refractivity contribution in [3.63, 3.8) is 0 Å². The van der Waals surface area contributed by atoms with Crippen LogP contribution < -0.4 is 5.32 Å². The van der Waals surface area contributed by atoms with Crippen LogP contribution in [0.5, 0.6) is 0 Å². The van der Waals surface area contributed by atoms with Crippen LogP contribution in [0, 0.1) is 5.82 Å². The summed E-state index contributed by atoms with van der Waals surface area (Å²) in [6, 6.07) is 10.8. The van der Waals surface area contributed by atoms with Crippen LogP contribution in [0.15, 0.2) is 48.7 Å². The summed E-state index contributed by atoms with van der Waals surface area (Å²) in [6.07, 6.45) is 1.60. The normalized spacial score (nSPS) is 10.5. The van der Waals surface area contributed by atoms with E-state index in [9.17, 15) is 14.0 Å². The number of fused-ring (bicyclic) bond motifs is 1. The summed E-state index contributed by atoms with van der Waals surface area (Å²) in [4.78, 5) is 32.3. The van der Waals surface area contributed by atoms with Gasteiger partial charge in [-0.05, 0) is 30.3 Å². The fourth-order valence-corrected chi connectivity index (χ4v) is 2.35. The standard InChI is InChI=1S/C18H14FN3O3/c1-25-17(23)10-21-18(24)13-9-16(14-4-2-3-7-20-14)22-15-8-11(19)5-6-12(13)15/h2-9H,10H2,1H3,(H,21,24). The maximum Gasteiger partial charge on any atom is 0.325 e. The molecule has 0 spiro atoms. The average molecular weight is 339 g/mol. The molecule has 0 unspecified atom stereocenters. The summed E-state index contributed by atoms with van der Waals surface area (Å²) in [5, 5.41) is 2.96. The van der Waals surface area contributed by atoms with E-state index in [2.05, 4.69) is 20.0 Å². The van der Waals surface area contributed by atoms with Crippen LogP contribution in [0.2, 0.25) is 0 Å². The molecule has 2 heterocycles. The number of methoxy groups -OCH3 is 1. The van der Waals surface area contributed by atoms with E-state index in [0.29, 0.717) is 22.3 Å². The monoisotopic (exact) mass is 339 g/mol. The van der Waals surface area contributed by atoms with E-state index in [1.807, 2.05) is 0 Å². The molecule has 126 valence electrons. The van der Waals surface area contributed by atoms with E-state index < -0.39 is 17.7 Å². The molecule has 3 rings (SSSR count). The van der Waals surface area contributed by atoms with Crippen LogP contribution in [0.25, 0.3) is 22.3 Å². The van der Waals surface area contributed by atoms with E-state index in [1.54, 1.807) is 30.5 Å². The number of hydrogen-bond donors (Lipinski definition) is 1.